The summed E-state index contributed by atoms with van der Waals surface area (Å²) in [6, 6.07) is 0. The molecule has 1 rings (SSSR count). The van der Waals surface area contributed by atoms with Gasteiger partial charge in [0.15, 0.2) is 0 Å². The van der Waals surface area contributed by atoms with Crippen LogP contribution in [0, 0.1) is 5.92 Å². The maximum Gasteiger partial charge on any atom is 0.427 e. The van der Waals surface area contributed by atoms with Gasteiger partial charge in [-0.05, 0) is 45.1 Å². The lowest BCUT2D eigenvalue weighted by Crippen LogP contribution is -2.23. The first-order chi connectivity index (χ1) is 8.04. The van der Waals surface area contributed by atoms with Crippen LogP contribution in [0.3, 0.4) is 0 Å². The summed E-state index contributed by atoms with van der Waals surface area (Å²) >= 11 is 0. The summed E-state index contributed by atoms with van der Waals surface area (Å²) in [5, 5.41) is 4.10. The molecule has 0 spiro atoms. The van der Waals surface area contributed by atoms with Crippen LogP contribution in [0.5, 0.6) is 0 Å². The van der Waals surface area contributed by atoms with Crippen LogP contribution in [0.2, 0.25) is 0 Å². The summed E-state index contributed by atoms with van der Waals surface area (Å²) in [6.07, 6.45) is 3.45. The molecule has 1 amide bonds. The van der Waals surface area contributed by atoms with Crippen LogP contribution in [-0.2, 0) is 4.74 Å². The van der Waals surface area contributed by atoms with Gasteiger partial charge in [0, 0.05) is 0 Å². The number of hydrazone groups is 1. The number of ether oxygens (including phenoxy) is 1. The lowest BCUT2D eigenvalue weighted by atomic mass is 9.85. The largest absolute Gasteiger partial charge is 0.449 e. The van der Waals surface area contributed by atoms with E-state index in [1.54, 1.807) is 6.92 Å². The van der Waals surface area contributed by atoms with Crippen molar-refractivity contribution in [3.05, 3.63) is 23.8 Å². The molecular formula is C13H20N2O2. The molecule has 0 fully saturated rings. The van der Waals surface area contributed by atoms with Crippen LogP contribution in [-0.4, -0.2) is 18.4 Å². The van der Waals surface area contributed by atoms with Crippen molar-refractivity contribution in [3.63, 3.8) is 0 Å². The molecule has 1 N–H and O–H groups in total. The Kier molecular flexibility index (Phi) is 4.94. The minimum atomic E-state index is -0.509. The monoisotopic (exact) mass is 236 g/mol. The van der Waals surface area contributed by atoms with E-state index in [0.29, 0.717) is 12.5 Å². The number of nitrogens with zero attached hydrogens (tertiary/aromatic N) is 1. The van der Waals surface area contributed by atoms with Gasteiger partial charge in [-0.2, -0.15) is 5.10 Å². The second-order valence-electron chi connectivity index (χ2n) is 4.26. The molecule has 0 aromatic rings. The normalized spacial score (nSPS) is 21.9. The molecule has 0 aromatic carbocycles. The highest BCUT2D eigenvalue weighted by atomic mass is 16.5. The quantitative estimate of drug-likeness (QED) is 0.605. The van der Waals surface area contributed by atoms with Crippen LogP contribution < -0.4 is 5.43 Å². The molecule has 0 aromatic heterocycles. The van der Waals surface area contributed by atoms with Crippen LogP contribution >= 0.6 is 0 Å². The van der Waals surface area contributed by atoms with E-state index in [9.17, 15) is 4.79 Å². The summed E-state index contributed by atoms with van der Waals surface area (Å²) in [6.45, 7) is 10.1. The van der Waals surface area contributed by atoms with Crippen molar-refractivity contribution in [3.8, 4) is 0 Å². The number of hydrogen-bond donors (Lipinski definition) is 1. The van der Waals surface area contributed by atoms with E-state index in [1.807, 2.05) is 13.8 Å². The Morgan fingerprint density at radius 2 is 2.41 bits per heavy atom. The van der Waals surface area contributed by atoms with E-state index in [-0.39, 0.29) is 0 Å². The summed E-state index contributed by atoms with van der Waals surface area (Å²) in [5.74, 6) is 0.418. The predicted octanol–water partition coefficient (Wildman–Crippen LogP) is 3.02. The van der Waals surface area contributed by atoms with Gasteiger partial charge in [-0.1, -0.05) is 18.2 Å². The third-order valence-electron chi connectivity index (χ3n) is 2.86. The first kappa shape index (κ1) is 13.5. The summed E-state index contributed by atoms with van der Waals surface area (Å²) in [5.41, 5.74) is 5.56. The summed E-state index contributed by atoms with van der Waals surface area (Å²) in [7, 11) is 0. The minimum absolute atomic E-state index is 0.347. The zero-order chi connectivity index (χ0) is 12.8. The molecular weight excluding hydrogens is 216 g/mol. The minimum Gasteiger partial charge on any atom is -0.449 e. The van der Waals surface area contributed by atoms with Crippen molar-refractivity contribution in [1.29, 1.82) is 0 Å². The van der Waals surface area contributed by atoms with E-state index in [2.05, 4.69) is 23.2 Å². The van der Waals surface area contributed by atoms with Crippen molar-refractivity contribution in [2.45, 2.75) is 33.6 Å². The Hall–Kier alpha value is -1.58. The van der Waals surface area contributed by atoms with Gasteiger partial charge >= 0.3 is 6.09 Å². The number of nitrogens with one attached hydrogen (secondary N) is 1. The SMILES string of the molecule is C=C(C)C1CC=C(C)C(=NNC(=O)OCC)C1. The number of carbonyl (C=O) groups excluding carboxylic acids is 1. The van der Waals surface area contributed by atoms with Crippen molar-refractivity contribution in [2.75, 3.05) is 6.61 Å². The standard InChI is InChI=1S/C13H20N2O2/c1-5-17-13(16)15-14-12-8-11(9(2)3)7-6-10(12)4/h6,11H,2,5,7-8H2,1,3-4H3,(H,15,16). The highest BCUT2D eigenvalue weighted by Gasteiger charge is 2.18. The molecule has 0 aliphatic heterocycles. The molecule has 1 unspecified atom stereocenters. The van der Waals surface area contributed by atoms with E-state index in [0.717, 1.165) is 29.7 Å². The molecule has 4 nitrogen and oxygen atoms in total. The topological polar surface area (TPSA) is 50.7 Å². The van der Waals surface area contributed by atoms with Gasteiger partial charge in [0.25, 0.3) is 0 Å². The van der Waals surface area contributed by atoms with Crippen LogP contribution in [0.1, 0.15) is 33.6 Å². The maximum atomic E-state index is 11.1. The van der Waals surface area contributed by atoms with Gasteiger partial charge in [0.2, 0.25) is 0 Å². The molecule has 1 aliphatic carbocycles. The molecule has 0 radical (unpaired) electrons. The van der Waals surface area contributed by atoms with Gasteiger partial charge in [0.1, 0.15) is 0 Å². The van der Waals surface area contributed by atoms with E-state index in [4.69, 9.17) is 4.74 Å². The van der Waals surface area contributed by atoms with Crippen LogP contribution in [0.25, 0.3) is 0 Å². The van der Waals surface area contributed by atoms with Gasteiger partial charge in [-0.15, -0.1) is 0 Å². The molecule has 0 heterocycles. The fraction of sp³-hybridized carbons (Fsp3) is 0.538. The highest BCUT2D eigenvalue weighted by Crippen LogP contribution is 2.26. The van der Waals surface area contributed by atoms with Gasteiger partial charge in [-0.3, -0.25) is 0 Å². The average molecular weight is 236 g/mol. The van der Waals surface area contributed by atoms with Gasteiger partial charge < -0.3 is 4.74 Å². The molecule has 4 heteroatoms. The first-order valence-corrected chi connectivity index (χ1v) is 5.86. The Morgan fingerprint density at radius 1 is 1.71 bits per heavy atom. The zero-order valence-corrected chi connectivity index (χ0v) is 10.7. The summed E-state index contributed by atoms with van der Waals surface area (Å²) in [4.78, 5) is 11.1. The molecule has 1 atom stereocenters. The number of rotatable bonds is 3. The molecule has 0 bridgehead atoms. The van der Waals surface area contributed by atoms with Crippen LogP contribution in [0.15, 0.2) is 28.9 Å². The molecule has 0 saturated heterocycles. The Bertz CT molecular complexity index is 370. The Balaban J connectivity index is 2.65. The fourth-order valence-corrected chi connectivity index (χ4v) is 1.70. The lowest BCUT2D eigenvalue weighted by Gasteiger charge is -2.22. The maximum absolute atomic E-state index is 11.1. The molecule has 94 valence electrons. The Labute approximate surface area is 102 Å². The van der Waals surface area contributed by atoms with Crippen molar-refractivity contribution >= 4 is 11.8 Å². The molecule has 17 heavy (non-hydrogen) atoms. The van der Waals surface area contributed by atoms with E-state index < -0.39 is 6.09 Å². The van der Waals surface area contributed by atoms with E-state index in [1.165, 1.54) is 0 Å². The molecule has 1 aliphatic rings. The fourth-order valence-electron chi connectivity index (χ4n) is 1.70. The number of amides is 1. The van der Waals surface area contributed by atoms with Gasteiger partial charge in [0.05, 0.1) is 12.3 Å². The smallest absolute Gasteiger partial charge is 0.427 e. The zero-order valence-electron chi connectivity index (χ0n) is 10.7. The van der Waals surface area contributed by atoms with Crippen LogP contribution in [0.4, 0.5) is 4.79 Å². The lowest BCUT2D eigenvalue weighted by molar-refractivity contribution is 0.152. The molecule has 0 saturated carbocycles. The first-order valence-electron chi connectivity index (χ1n) is 5.86. The predicted molar refractivity (Wildman–Crippen MR) is 68.9 cm³/mol. The van der Waals surface area contributed by atoms with Gasteiger partial charge in [-0.25, -0.2) is 10.2 Å². The highest BCUT2D eigenvalue weighted by molar-refractivity contribution is 6.01. The summed E-state index contributed by atoms with van der Waals surface area (Å²) < 4.78 is 4.75. The average Bonchev–Trinajstić information content (AvgIpc) is 2.28. The van der Waals surface area contributed by atoms with Crippen molar-refractivity contribution < 1.29 is 9.53 Å². The van der Waals surface area contributed by atoms with Crippen molar-refractivity contribution in [2.24, 2.45) is 11.0 Å². The third-order valence-corrected chi connectivity index (χ3v) is 2.86. The van der Waals surface area contributed by atoms with E-state index >= 15 is 0 Å². The number of carbonyl (C=O) groups is 1. The number of hydrogen-bond acceptors (Lipinski definition) is 3. The third kappa shape index (κ3) is 4.06. The second kappa shape index (κ2) is 6.23. The second-order valence-corrected chi connectivity index (χ2v) is 4.26. The van der Waals surface area contributed by atoms with Crippen molar-refractivity contribution in [1.82, 2.24) is 5.43 Å². The Morgan fingerprint density at radius 3 is 3.00 bits per heavy atom. The number of allylic oxidation sites excluding steroid dienone is 3.